The predicted molar refractivity (Wildman–Crippen MR) is 101 cm³/mol. The molecule has 4 rings (SSSR count). The lowest BCUT2D eigenvalue weighted by atomic mass is 10.1. The molecule has 3 saturated heterocycles. The van der Waals surface area contributed by atoms with Gasteiger partial charge in [-0.25, -0.2) is 4.98 Å². The molecule has 0 saturated carbocycles. The van der Waals surface area contributed by atoms with Crippen molar-refractivity contribution in [1.82, 2.24) is 14.9 Å². The van der Waals surface area contributed by atoms with Crippen molar-refractivity contribution < 1.29 is 9.53 Å². The second-order valence-electron chi connectivity index (χ2n) is 7.53. The van der Waals surface area contributed by atoms with E-state index < -0.39 is 0 Å². The molecule has 0 bridgehead atoms. The summed E-state index contributed by atoms with van der Waals surface area (Å²) in [6, 6.07) is 2.09. The van der Waals surface area contributed by atoms with Crippen LogP contribution in [0.1, 0.15) is 37.8 Å². The Morgan fingerprint density at radius 2 is 1.77 bits per heavy atom. The van der Waals surface area contributed by atoms with E-state index in [-0.39, 0.29) is 12.0 Å². The van der Waals surface area contributed by atoms with Gasteiger partial charge in [-0.2, -0.15) is 4.98 Å². The zero-order valence-electron chi connectivity index (χ0n) is 15.7. The Morgan fingerprint density at radius 3 is 2.46 bits per heavy atom. The van der Waals surface area contributed by atoms with E-state index in [1.54, 1.807) is 0 Å². The first-order chi connectivity index (χ1) is 12.7. The molecule has 1 amide bonds. The molecule has 1 aromatic rings. The minimum absolute atomic E-state index is 0.154. The van der Waals surface area contributed by atoms with E-state index >= 15 is 0 Å². The minimum atomic E-state index is -0.220. The number of hydrogen-bond acceptors (Lipinski definition) is 6. The van der Waals surface area contributed by atoms with Crippen molar-refractivity contribution in [2.75, 3.05) is 55.7 Å². The number of aryl methyl sites for hydroxylation is 1. The Bertz CT molecular complexity index is 633. The number of piperidine rings is 1. The number of ether oxygens (including phenoxy) is 1. The third-order valence-electron chi connectivity index (χ3n) is 5.59. The van der Waals surface area contributed by atoms with Crippen molar-refractivity contribution in [3.8, 4) is 0 Å². The zero-order valence-corrected chi connectivity index (χ0v) is 15.7. The molecule has 0 N–H and O–H groups in total. The van der Waals surface area contributed by atoms with E-state index in [2.05, 4.69) is 20.9 Å². The number of carbonyl (C=O) groups excluding carboxylic acids is 1. The van der Waals surface area contributed by atoms with Gasteiger partial charge in [0.25, 0.3) is 5.91 Å². The van der Waals surface area contributed by atoms with Crippen LogP contribution in [0.25, 0.3) is 0 Å². The van der Waals surface area contributed by atoms with E-state index in [0.29, 0.717) is 6.61 Å². The van der Waals surface area contributed by atoms with Crippen LogP contribution < -0.4 is 9.80 Å². The van der Waals surface area contributed by atoms with Crippen LogP contribution in [0.5, 0.6) is 0 Å². The molecule has 0 spiro atoms. The van der Waals surface area contributed by atoms with Gasteiger partial charge in [0.1, 0.15) is 11.9 Å². The fourth-order valence-electron chi connectivity index (χ4n) is 4.07. The number of piperazine rings is 1. The van der Waals surface area contributed by atoms with Gasteiger partial charge < -0.3 is 19.4 Å². The lowest BCUT2D eigenvalue weighted by molar-refractivity contribution is -0.141. The third kappa shape index (κ3) is 3.77. The summed E-state index contributed by atoms with van der Waals surface area (Å²) in [5.74, 6) is 2.00. The van der Waals surface area contributed by atoms with Crippen LogP contribution in [0.4, 0.5) is 11.8 Å². The van der Waals surface area contributed by atoms with Crippen molar-refractivity contribution in [3.05, 3.63) is 11.8 Å². The monoisotopic (exact) mass is 359 g/mol. The number of hydrogen-bond donors (Lipinski definition) is 0. The largest absolute Gasteiger partial charge is 0.368 e. The third-order valence-corrected chi connectivity index (χ3v) is 5.59. The van der Waals surface area contributed by atoms with Crippen LogP contribution in [0.15, 0.2) is 6.07 Å². The maximum Gasteiger partial charge on any atom is 0.251 e. The number of nitrogens with zero attached hydrogens (tertiary/aromatic N) is 5. The maximum atomic E-state index is 12.5. The smallest absolute Gasteiger partial charge is 0.251 e. The number of amides is 1. The zero-order chi connectivity index (χ0) is 17.9. The highest BCUT2D eigenvalue weighted by Gasteiger charge is 2.31. The predicted octanol–water partition coefficient (Wildman–Crippen LogP) is 1.60. The molecule has 26 heavy (non-hydrogen) atoms. The van der Waals surface area contributed by atoms with E-state index in [1.807, 2.05) is 11.8 Å². The summed E-state index contributed by atoms with van der Waals surface area (Å²) in [5.41, 5.74) is 1.01. The van der Waals surface area contributed by atoms with Gasteiger partial charge in [0, 0.05) is 57.6 Å². The molecular formula is C19H29N5O2. The van der Waals surface area contributed by atoms with Gasteiger partial charge in [0.05, 0.1) is 0 Å². The Morgan fingerprint density at radius 1 is 1.00 bits per heavy atom. The maximum absolute atomic E-state index is 12.5. The Balaban J connectivity index is 1.40. The van der Waals surface area contributed by atoms with Crippen LogP contribution in [0.3, 0.4) is 0 Å². The highest BCUT2D eigenvalue weighted by Crippen LogP contribution is 2.22. The Kier molecular flexibility index (Phi) is 5.24. The fraction of sp³-hybridized carbons (Fsp3) is 0.737. The molecule has 3 aliphatic rings. The van der Waals surface area contributed by atoms with Crippen LogP contribution in [-0.4, -0.2) is 72.8 Å². The van der Waals surface area contributed by atoms with E-state index in [0.717, 1.165) is 69.6 Å². The van der Waals surface area contributed by atoms with Crippen LogP contribution in [0, 0.1) is 6.92 Å². The molecule has 0 aliphatic carbocycles. The van der Waals surface area contributed by atoms with Gasteiger partial charge in [-0.1, -0.05) is 0 Å². The Labute approximate surface area is 155 Å². The number of anilines is 2. The molecule has 142 valence electrons. The summed E-state index contributed by atoms with van der Waals surface area (Å²) in [7, 11) is 0. The summed E-state index contributed by atoms with van der Waals surface area (Å²) in [6.45, 7) is 7.91. The first kappa shape index (κ1) is 17.5. The van der Waals surface area contributed by atoms with Gasteiger partial charge in [-0.3, -0.25) is 4.79 Å². The van der Waals surface area contributed by atoms with E-state index in [1.165, 1.54) is 19.3 Å². The van der Waals surface area contributed by atoms with Crippen molar-refractivity contribution in [2.24, 2.45) is 0 Å². The summed E-state index contributed by atoms with van der Waals surface area (Å²) >= 11 is 0. The van der Waals surface area contributed by atoms with Crippen LogP contribution in [-0.2, 0) is 9.53 Å². The van der Waals surface area contributed by atoms with E-state index in [4.69, 9.17) is 9.72 Å². The van der Waals surface area contributed by atoms with Crippen LogP contribution >= 0.6 is 0 Å². The molecule has 1 atom stereocenters. The van der Waals surface area contributed by atoms with Gasteiger partial charge in [0.15, 0.2) is 0 Å². The number of carbonyl (C=O) groups is 1. The summed E-state index contributed by atoms with van der Waals surface area (Å²) in [6.07, 6.45) is 5.42. The molecule has 0 unspecified atom stereocenters. The highest BCUT2D eigenvalue weighted by atomic mass is 16.5. The van der Waals surface area contributed by atoms with Gasteiger partial charge in [-0.05, 0) is 39.0 Å². The normalized spacial score (nSPS) is 24.2. The lowest BCUT2D eigenvalue weighted by Crippen LogP contribution is -2.52. The summed E-state index contributed by atoms with van der Waals surface area (Å²) in [4.78, 5) is 28.5. The van der Waals surface area contributed by atoms with Gasteiger partial charge in [-0.15, -0.1) is 0 Å². The Hall–Kier alpha value is -1.89. The van der Waals surface area contributed by atoms with Crippen molar-refractivity contribution in [3.63, 3.8) is 0 Å². The second kappa shape index (κ2) is 7.78. The molecule has 3 fully saturated rings. The molecule has 0 radical (unpaired) electrons. The standard InChI is InChI=1S/C19H29N5O2/c1-15-14-17(22-7-3-2-4-8-22)21-19(20-15)24-11-9-23(10-12-24)18(25)16-6-5-13-26-16/h14,16H,2-13H2,1H3/t16-/m1/s1. The number of rotatable bonds is 3. The molecule has 1 aromatic heterocycles. The van der Waals surface area contributed by atoms with Crippen molar-refractivity contribution in [2.45, 2.75) is 45.1 Å². The quantitative estimate of drug-likeness (QED) is 0.817. The molecule has 7 heteroatoms. The lowest BCUT2D eigenvalue weighted by Gasteiger charge is -2.36. The second-order valence-corrected chi connectivity index (χ2v) is 7.53. The molecule has 7 nitrogen and oxygen atoms in total. The minimum Gasteiger partial charge on any atom is -0.368 e. The SMILES string of the molecule is Cc1cc(N2CCCCC2)nc(N2CCN(C(=O)[C@H]3CCCO3)CC2)n1. The number of aromatic nitrogens is 2. The molecule has 3 aliphatic heterocycles. The first-order valence-corrected chi connectivity index (χ1v) is 9.97. The highest BCUT2D eigenvalue weighted by molar-refractivity contribution is 5.81. The van der Waals surface area contributed by atoms with Crippen LogP contribution in [0.2, 0.25) is 0 Å². The summed E-state index contributed by atoms with van der Waals surface area (Å²) < 4.78 is 5.54. The topological polar surface area (TPSA) is 61.8 Å². The fourth-order valence-corrected chi connectivity index (χ4v) is 4.07. The molecular weight excluding hydrogens is 330 g/mol. The van der Waals surface area contributed by atoms with E-state index in [9.17, 15) is 4.79 Å². The van der Waals surface area contributed by atoms with Crippen molar-refractivity contribution >= 4 is 17.7 Å². The molecule has 0 aromatic carbocycles. The first-order valence-electron chi connectivity index (χ1n) is 9.97. The average molecular weight is 359 g/mol. The summed E-state index contributed by atoms with van der Waals surface area (Å²) in [5, 5.41) is 0. The van der Waals surface area contributed by atoms with Crippen molar-refractivity contribution in [1.29, 1.82) is 0 Å². The van der Waals surface area contributed by atoms with Gasteiger partial charge in [0.2, 0.25) is 5.95 Å². The van der Waals surface area contributed by atoms with Gasteiger partial charge >= 0.3 is 0 Å². The average Bonchev–Trinajstić information content (AvgIpc) is 3.22. The molecule has 4 heterocycles.